The first-order valence-corrected chi connectivity index (χ1v) is 5.93. The molecule has 0 saturated heterocycles. The van der Waals surface area contributed by atoms with Gasteiger partial charge in [0.2, 0.25) is 0 Å². The Kier molecular flexibility index (Phi) is 4.61. The van der Waals surface area contributed by atoms with Gasteiger partial charge in [0.05, 0.1) is 7.11 Å². The van der Waals surface area contributed by atoms with E-state index in [4.69, 9.17) is 10.5 Å². The molecule has 1 rings (SSSR count). The second kappa shape index (κ2) is 5.52. The maximum atomic E-state index is 5.79. The SMILES string of the molecule is COc1ccc(C(CN)C(C)C)c(Br)c1. The minimum atomic E-state index is 0.394. The van der Waals surface area contributed by atoms with Crippen LogP contribution in [0.3, 0.4) is 0 Å². The summed E-state index contributed by atoms with van der Waals surface area (Å²) in [5.41, 5.74) is 7.05. The van der Waals surface area contributed by atoms with Crippen molar-refractivity contribution in [2.45, 2.75) is 19.8 Å². The Balaban J connectivity index is 3.03. The minimum Gasteiger partial charge on any atom is -0.497 e. The maximum Gasteiger partial charge on any atom is 0.120 e. The Morgan fingerprint density at radius 2 is 2.07 bits per heavy atom. The van der Waals surface area contributed by atoms with Crippen molar-refractivity contribution in [1.82, 2.24) is 0 Å². The largest absolute Gasteiger partial charge is 0.497 e. The number of rotatable bonds is 4. The lowest BCUT2D eigenvalue weighted by Crippen LogP contribution is -2.18. The van der Waals surface area contributed by atoms with Crippen LogP contribution < -0.4 is 10.5 Å². The number of methoxy groups -OCH3 is 1. The predicted molar refractivity (Wildman–Crippen MR) is 67.3 cm³/mol. The van der Waals surface area contributed by atoms with Crippen LogP contribution in [0.5, 0.6) is 5.75 Å². The fourth-order valence-electron chi connectivity index (χ4n) is 1.69. The molecule has 0 bridgehead atoms. The summed E-state index contributed by atoms with van der Waals surface area (Å²) in [5, 5.41) is 0. The molecule has 0 aliphatic rings. The first kappa shape index (κ1) is 12.5. The molecule has 1 atom stereocenters. The van der Waals surface area contributed by atoms with Gasteiger partial charge in [-0.15, -0.1) is 0 Å². The molecule has 0 fully saturated rings. The van der Waals surface area contributed by atoms with E-state index in [1.165, 1.54) is 5.56 Å². The molecular formula is C12H18BrNO. The summed E-state index contributed by atoms with van der Waals surface area (Å²) in [4.78, 5) is 0. The molecule has 0 amide bonds. The Morgan fingerprint density at radius 3 is 2.47 bits per heavy atom. The normalized spacial score (nSPS) is 12.9. The average Bonchev–Trinajstić information content (AvgIpc) is 2.20. The monoisotopic (exact) mass is 271 g/mol. The zero-order valence-electron chi connectivity index (χ0n) is 9.46. The Bertz CT molecular complexity index is 325. The Hall–Kier alpha value is -0.540. The lowest BCUT2D eigenvalue weighted by Gasteiger charge is -2.21. The van der Waals surface area contributed by atoms with E-state index in [9.17, 15) is 0 Å². The first-order valence-electron chi connectivity index (χ1n) is 5.13. The summed E-state index contributed by atoms with van der Waals surface area (Å²) in [6.07, 6.45) is 0. The van der Waals surface area contributed by atoms with Gasteiger partial charge in [-0.25, -0.2) is 0 Å². The van der Waals surface area contributed by atoms with E-state index >= 15 is 0 Å². The molecule has 15 heavy (non-hydrogen) atoms. The minimum absolute atomic E-state index is 0.394. The van der Waals surface area contributed by atoms with Crippen LogP contribution in [0.15, 0.2) is 22.7 Å². The molecule has 0 aromatic heterocycles. The molecule has 0 saturated carbocycles. The number of halogens is 1. The third kappa shape index (κ3) is 2.95. The van der Waals surface area contributed by atoms with Crippen molar-refractivity contribution in [2.75, 3.05) is 13.7 Å². The molecule has 0 heterocycles. The molecule has 2 N–H and O–H groups in total. The van der Waals surface area contributed by atoms with Gasteiger partial charge in [-0.1, -0.05) is 35.8 Å². The second-order valence-corrected chi connectivity index (χ2v) is 4.83. The summed E-state index contributed by atoms with van der Waals surface area (Å²) >= 11 is 3.56. The van der Waals surface area contributed by atoms with Gasteiger partial charge in [0.15, 0.2) is 0 Å². The number of hydrogen-bond acceptors (Lipinski definition) is 2. The number of hydrogen-bond donors (Lipinski definition) is 1. The Morgan fingerprint density at radius 1 is 1.40 bits per heavy atom. The van der Waals surface area contributed by atoms with Crippen LogP contribution >= 0.6 is 15.9 Å². The van der Waals surface area contributed by atoms with E-state index in [1.54, 1.807) is 7.11 Å². The van der Waals surface area contributed by atoms with Crippen molar-refractivity contribution in [3.63, 3.8) is 0 Å². The van der Waals surface area contributed by atoms with Crippen molar-refractivity contribution < 1.29 is 4.74 Å². The van der Waals surface area contributed by atoms with E-state index in [0.717, 1.165) is 10.2 Å². The van der Waals surface area contributed by atoms with E-state index in [2.05, 4.69) is 35.8 Å². The van der Waals surface area contributed by atoms with Crippen LogP contribution in [-0.2, 0) is 0 Å². The van der Waals surface area contributed by atoms with E-state index in [0.29, 0.717) is 18.4 Å². The van der Waals surface area contributed by atoms with Crippen molar-refractivity contribution in [3.05, 3.63) is 28.2 Å². The molecule has 1 aromatic rings. The van der Waals surface area contributed by atoms with Crippen molar-refractivity contribution >= 4 is 15.9 Å². The van der Waals surface area contributed by atoms with Crippen molar-refractivity contribution in [2.24, 2.45) is 11.7 Å². The standard InChI is InChI=1S/C12H18BrNO/c1-8(2)11(7-14)10-5-4-9(15-3)6-12(10)13/h4-6,8,11H,7,14H2,1-3H3. The summed E-state index contributed by atoms with van der Waals surface area (Å²) in [6, 6.07) is 6.05. The van der Waals surface area contributed by atoms with Gasteiger partial charge in [-0.2, -0.15) is 0 Å². The molecular weight excluding hydrogens is 254 g/mol. The van der Waals surface area contributed by atoms with Crippen LogP contribution in [0.2, 0.25) is 0 Å². The van der Waals surface area contributed by atoms with Crippen LogP contribution in [0.4, 0.5) is 0 Å². The summed E-state index contributed by atoms with van der Waals surface area (Å²) in [5.74, 6) is 1.80. The smallest absolute Gasteiger partial charge is 0.120 e. The van der Waals surface area contributed by atoms with Crippen LogP contribution in [0.25, 0.3) is 0 Å². The highest BCUT2D eigenvalue weighted by Crippen LogP contribution is 2.32. The average molecular weight is 272 g/mol. The molecule has 84 valence electrons. The van der Waals surface area contributed by atoms with Gasteiger partial charge in [0.1, 0.15) is 5.75 Å². The lowest BCUT2D eigenvalue weighted by molar-refractivity contribution is 0.413. The summed E-state index contributed by atoms with van der Waals surface area (Å²) in [6.45, 7) is 5.05. The fourth-order valence-corrected chi connectivity index (χ4v) is 2.35. The van der Waals surface area contributed by atoms with Crippen LogP contribution in [-0.4, -0.2) is 13.7 Å². The third-order valence-corrected chi connectivity index (χ3v) is 3.35. The zero-order valence-corrected chi connectivity index (χ0v) is 11.0. The van der Waals surface area contributed by atoms with Crippen LogP contribution in [0, 0.1) is 5.92 Å². The van der Waals surface area contributed by atoms with Gasteiger partial charge in [0, 0.05) is 4.47 Å². The molecule has 0 aliphatic carbocycles. The topological polar surface area (TPSA) is 35.2 Å². The quantitative estimate of drug-likeness (QED) is 0.913. The van der Waals surface area contributed by atoms with E-state index in [1.807, 2.05) is 12.1 Å². The molecule has 3 heteroatoms. The predicted octanol–water partition coefficient (Wildman–Crippen LogP) is 3.16. The lowest BCUT2D eigenvalue weighted by atomic mass is 9.88. The first-order chi connectivity index (χ1) is 7.10. The number of ether oxygens (including phenoxy) is 1. The molecule has 1 aromatic carbocycles. The van der Waals surface area contributed by atoms with Gasteiger partial charge in [0.25, 0.3) is 0 Å². The van der Waals surface area contributed by atoms with E-state index in [-0.39, 0.29) is 0 Å². The molecule has 1 unspecified atom stereocenters. The molecule has 0 aliphatic heterocycles. The highest BCUT2D eigenvalue weighted by atomic mass is 79.9. The van der Waals surface area contributed by atoms with Gasteiger partial charge < -0.3 is 10.5 Å². The van der Waals surface area contributed by atoms with Gasteiger partial charge in [-0.05, 0) is 36.1 Å². The van der Waals surface area contributed by atoms with Crippen LogP contribution in [0.1, 0.15) is 25.3 Å². The van der Waals surface area contributed by atoms with Crippen molar-refractivity contribution in [1.29, 1.82) is 0 Å². The zero-order chi connectivity index (χ0) is 11.4. The summed E-state index contributed by atoms with van der Waals surface area (Å²) < 4.78 is 6.24. The third-order valence-electron chi connectivity index (χ3n) is 2.67. The molecule has 0 radical (unpaired) electrons. The fraction of sp³-hybridized carbons (Fsp3) is 0.500. The van der Waals surface area contributed by atoms with Gasteiger partial charge >= 0.3 is 0 Å². The highest BCUT2D eigenvalue weighted by Gasteiger charge is 2.16. The number of benzene rings is 1. The Labute approximate surface area is 99.9 Å². The van der Waals surface area contributed by atoms with E-state index < -0.39 is 0 Å². The van der Waals surface area contributed by atoms with Gasteiger partial charge in [-0.3, -0.25) is 0 Å². The molecule has 0 spiro atoms. The molecule has 2 nitrogen and oxygen atoms in total. The number of nitrogens with two attached hydrogens (primary N) is 1. The van der Waals surface area contributed by atoms with Crippen molar-refractivity contribution in [3.8, 4) is 5.75 Å². The highest BCUT2D eigenvalue weighted by molar-refractivity contribution is 9.10. The second-order valence-electron chi connectivity index (χ2n) is 3.97. The summed E-state index contributed by atoms with van der Waals surface area (Å²) in [7, 11) is 1.67. The maximum absolute atomic E-state index is 5.79.